The molecule has 1 N–H and O–H groups in total. The van der Waals surface area contributed by atoms with Gasteiger partial charge in [0.2, 0.25) is 0 Å². The molecule has 4 rings (SSSR count). The summed E-state index contributed by atoms with van der Waals surface area (Å²) >= 11 is 1.03. The number of aromatic carboxylic acids is 1. The van der Waals surface area contributed by atoms with Crippen molar-refractivity contribution in [1.82, 2.24) is 0 Å². The van der Waals surface area contributed by atoms with Crippen molar-refractivity contribution in [3.8, 4) is 0 Å². The van der Waals surface area contributed by atoms with Gasteiger partial charge < -0.3 is 5.11 Å². The van der Waals surface area contributed by atoms with E-state index in [1.807, 2.05) is 0 Å². The highest BCUT2D eigenvalue weighted by atomic mass is 32.2. The third kappa shape index (κ3) is 4.65. The number of hydrogen-bond acceptors (Lipinski definition) is 4. The van der Waals surface area contributed by atoms with Crippen molar-refractivity contribution in [2.45, 2.75) is 24.5 Å². The highest BCUT2D eigenvalue weighted by Crippen LogP contribution is 2.41. The summed E-state index contributed by atoms with van der Waals surface area (Å²) in [6.45, 7) is 0.950. The van der Waals surface area contributed by atoms with Crippen molar-refractivity contribution in [1.29, 1.82) is 0 Å². The third-order valence-electron chi connectivity index (χ3n) is 5.45. The molecule has 1 heterocycles. The first-order valence-electron chi connectivity index (χ1n) is 10.2. The van der Waals surface area contributed by atoms with E-state index in [4.69, 9.17) is 5.11 Å². The van der Waals surface area contributed by atoms with Gasteiger partial charge in [-0.25, -0.2) is 22.0 Å². The summed E-state index contributed by atoms with van der Waals surface area (Å²) in [6.07, 6.45) is -5.02. The first-order valence-corrected chi connectivity index (χ1v) is 12.5. The Hall–Kier alpha value is -3.51. The van der Waals surface area contributed by atoms with Gasteiger partial charge >= 0.3 is 12.1 Å². The normalized spacial score (nSPS) is 12.2. The Kier molecular flexibility index (Phi) is 6.52. The van der Waals surface area contributed by atoms with E-state index in [-0.39, 0.29) is 10.6 Å². The molecule has 0 atom stereocenters. The number of aryl methyl sites for hydroxylation is 1. The quantitative estimate of drug-likeness (QED) is 0.279. The molecule has 188 valence electrons. The maximum Gasteiger partial charge on any atom is 0.419 e. The monoisotopic (exact) mass is 541 g/mol. The molecule has 4 aromatic rings. The fourth-order valence-electron chi connectivity index (χ4n) is 3.68. The first-order chi connectivity index (χ1) is 16.8. The zero-order valence-corrected chi connectivity index (χ0v) is 19.9. The SMILES string of the molecule is Cc1c(N(Cc2ccc(F)c(C(F)(F)F)c2)S(=O)(=O)c2ccc(C(=O)O)cc2F)sc2ccccc12. The predicted molar refractivity (Wildman–Crippen MR) is 125 cm³/mol. The summed E-state index contributed by atoms with van der Waals surface area (Å²) in [5.74, 6) is -4.33. The number of halogens is 5. The molecular weight excluding hydrogens is 525 g/mol. The van der Waals surface area contributed by atoms with Crippen LogP contribution in [0.2, 0.25) is 0 Å². The summed E-state index contributed by atoms with van der Waals surface area (Å²) < 4.78 is 97.3. The van der Waals surface area contributed by atoms with Gasteiger partial charge in [0.25, 0.3) is 10.0 Å². The average Bonchev–Trinajstić information content (AvgIpc) is 3.13. The van der Waals surface area contributed by atoms with Crippen LogP contribution >= 0.6 is 11.3 Å². The number of hydrogen-bond donors (Lipinski definition) is 1. The molecule has 0 aliphatic rings. The standard InChI is InChI=1S/C24H16F5NO4S2/c1-13-16-4-2-3-5-20(16)35-22(13)30(12-14-6-8-18(25)17(10-14)24(27,28)29)36(33,34)21-9-7-15(23(31)32)11-19(21)26/h2-11H,12H2,1H3,(H,31,32). The second kappa shape index (κ2) is 9.17. The number of benzene rings is 3. The molecule has 0 amide bonds. The van der Waals surface area contributed by atoms with Crippen LogP contribution in [0.5, 0.6) is 0 Å². The number of thiophene rings is 1. The van der Waals surface area contributed by atoms with Crippen LogP contribution in [-0.2, 0) is 22.7 Å². The summed E-state index contributed by atoms with van der Waals surface area (Å²) in [7, 11) is -4.75. The van der Waals surface area contributed by atoms with Gasteiger partial charge in [-0.2, -0.15) is 13.2 Å². The van der Waals surface area contributed by atoms with Crippen LogP contribution in [0.1, 0.15) is 27.0 Å². The fourth-order valence-corrected chi connectivity index (χ4v) is 6.66. The van der Waals surface area contributed by atoms with E-state index in [1.54, 1.807) is 31.2 Å². The van der Waals surface area contributed by atoms with Crippen molar-refractivity contribution in [2.24, 2.45) is 0 Å². The van der Waals surface area contributed by atoms with Crippen molar-refractivity contribution >= 4 is 42.4 Å². The lowest BCUT2D eigenvalue weighted by molar-refractivity contribution is -0.140. The topological polar surface area (TPSA) is 74.7 Å². The van der Waals surface area contributed by atoms with E-state index in [2.05, 4.69) is 0 Å². The molecule has 0 saturated carbocycles. The van der Waals surface area contributed by atoms with Crippen molar-refractivity contribution in [2.75, 3.05) is 4.31 Å². The lowest BCUT2D eigenvalue weighted by atomic mass is 10.1. The molecule has 1 aromatic heterocycles. The molecule has 0 radical (unpaired) electrons. The molecule has 12 heteroatoms. The Balaban J connectivity index is 1.91. The van der Waals surface area contributed by atoms with Crippen LogP contribution in [0.4, 0.5) is 27.0 Å². The van der Waals surface area contributed by atoms with E-state index < -0.39 is 56.4 Å². The minimum Gasteiger partial charge on any atom is -0.478 e. The molecule has 0 aliphatic heterocycles. The highest BCUT2D eigenvalue weighted by Gasteiger charge is 2.36. The number of alkyl halides is 3. The number of carbonyl (C=O) groups is 1. The smallest absolute Gasteiger partial charge is 0.419 e. The number of sulfonamides is 1. The molecule has 3 aromatic carbocycles. The van der Waals surface area contributed by atoms with E-state index in [1.165, 1.54) is 0 Å². The Labute approximate surface area is 206 Å². The van der Waals surface area contributed by atoms with Crippen LogP contribution in [0.15, 0.2) is 65.6 Å². The van der Waals surface area contributed by atoms with Crippen molar-refractivity contribution < 1.29 is 40.3 Å². The second-order valence-corrected chi connectivity index (χ2v) is 10.7. The molecule has 5 nitrogen and oxygen atoms in total. The zero-order chi connectivity index (χ0) is 26.4. The number of rotatable bonds is 6. The van der Waals surface area contributed by atoms with Crippen LogP contribution in [0.25, 0.3) is 10.1 Å². The lowest BCUT2D eigenvalue weighted by Crippen LogP contribution is -2.31. The van der Waals surface area contributed by atoms with Crippen LogP contribution < -0.4 is 4.31 Å². The zero-order valence-electron chi connectivity index (χ0n) is 18.3. The van der Waals surface area contributed by atoms with Crippen molar-refractivity contribution in [3.63, 3.8) is 0 Å². The third-order valence-corrected chi connectivity index (χ3v) is 8.64. The molecule has 0 aliphatic carbocycles. The lowest BCUT2D eigenvalue weighted by Gasteiger charge is -2.25. The summed E-state index contributed by atoms with van der Waals surface area (Å²) in [5.41, 5.74) is -1.75. The van der Waals surface area contributed by atoms with E-state index in [9.17, 15) is 35.2 Å². The summed E-state index contributed by atoms with van der Waals surface area (Å²) in [4.78, 5) is 10.3. The summed E-state index contributed by atoms with van der Waals surface area (Å²) in [6, 6.07) is 11.3. The van der Waals surface area contributed by atoms with Gasteiger partial charge in [0.1, 0.15) is 21.5 Å². The van der Waals surface area contributed by atoms with Crippen LogP contribution in [-0.4, -0.2) is 19.5 Å². The Morgan fingerprint density at radius 2 is 1.69 bits per heavy atom. The molecule has 36 heavy (non-hydrogen) atoms. The number of anilines is 1. The number of carboxylic acid groups (broad SMARTS) is 1. The van der Waals surface area contributed by atoms with Crippen LogP contribution in [0.3, 0.4) is 0 Å². The Morgan fingerprint density at radius 3 is 2.31 bits per heavy atom. The first kappa shape index (κ1) is 25.6. The number of carboxylic acids is 1. The van der Waals surface area contributed by atoms with Gasteiger partial charge in [-0.15, -0.1) is 11.3 Å². The van der Waals surface area contributed by atoms with E-state index >= 15 is 0 Å². The molecule has 0 unspecified atom stereocenters. The van der Waals surface area contributed by atoms with Crippen LogP contribution in [0, 0.1) is 18.6 Å². The average molecular weight is 542 g/mol. The van der Waals surface area contributed by atoms with Gasteiger partial charge in [-0.3, -0.25) is 4.31 Å². The van der Waals surface area contributed by atoms with Gasteiger partial charge in [-0.05, 0) is 59.8 Å². The molecular formula is C24H16F5NO4S2. The van der Waals surface area contributed by atoms with E-state index in [0.29, 0.717) is 33.8 Å². The maximum absolute atomic E-state index is 14.8. The number of fused-ring (bicyclic) bond motifs is 1. The Bertz CT molecular complexity index is 1600. The van der Waals surface area contributed by atoms with E-state index in [0.717, 1.165) is 33.8 Å². The molecule has 0 saturated heterocycles. The highest BCUT2D eigenvalue weighted by molar-refractivity contribution is 7.93. The van der Waals surface area contributed by atoms with Crippen molar-refractivity contribution in [3.05, 3.63) is 94.6 Å². The van der Waals surface area contributed by atoms with Gasteiger partial charge in [-0.1, -0.05) is 24.3 Å². The Morgan fingerprint density at radius 1 is 1.00 bits per heavy atom. The largest absolute Gasteiger partial charge is 0.478 e. The fraction of sp³-hybridized carbons (Fsp3) is 0.125. The minimum absolute atomic E-state index is 0.121. The predicted octanol–water partition coefficient (Wildman–Crippen LogP) is 6.60. The molecule has 0 spiro atoms. The molecule has 0 bridgehead atoms. The molecule has 0 fully saturated rings. The van der Waals surface area contributed by atoms with Gasteiger partial charge in [0, 0.05) is 4.70 Å². The minimum atomic E-state index is -5.02. The second-order valence-electron chi connectivity index (χ2n) is 7.80. The maximum atomic E-state index is 14.8. The van der Waals surface area contributed by atoms with Gasteiger partial charge in [0.05, 0.1) is 17.7 Å². The van der Waals surface area contributed by atoms with Gasteiger partial charge in [0.15, 0.2) is 0 Å². The number of nitrogens with zero attached hydrogens (tertiary/aromatic N) is 1. The summed E-state index contributed by atoms with van der Waals surface area (Å²) in [5, 5.41) is 9.88.